The first-order valence-corrected chi connectivity index (χ1v) is 22.6. The summed E-state index contributed by atoms with van der Waals surface area (Å²) >= 11 is 0. The summed E-state index contributed by atoms with van der Waals surface area (Å²) in [6.07, 6.45) is 29.1. The normalized spacial score (nSPS) is 17.9. The molecule has 1 fully saturated rings. The van der Waals surface area contributed by atoms with Gasteiger partial charge in [-0.1, -0.05) is 142 Å². The molecule has 11 nitrogen and oxygen atoms in total. The summed E-state index contributed by atoms with van der Waals surface area (Å²) in [5, 5.41) is 18.3. The number of epoxide rings is 1. The number of ether oxygens (including phenoxy) is 3. The summed E-state index contributed by atoms with van der Waals surface area (Å²) in [5.41, 5.74) is 0. The number of aliphatic hydroxyl groups is 2. The number of aliphatic hydroxyl groups excluding tert-OH is 2. The molecule has 12 heteroatoms. The zero-order valence-electron chi connectivity index (χ0n) is 33.6. The molecule has 0 bridgehead atoms. The van der Waals surface area contributed by atoms with E-state index in [1.807, 2.05) is 0 Å². The average Bonchev–Trinajstić information content (AvgIpc) is 3.88. The minimum absolute atomic E-state index is 0.164. The van der Waals surface area contributed by atoms with E-state index in [9.17, 15) is 24.2 Å². The number of hydrogen-bond donors (Lipinski definition) is 3. The van der Waals surface area contributed by atoms with Crippen LogP contribution in [0.3, 0.4) is 0 Å². The Morgan fingerprint density at radius 2 is 1.28 bits per heavy atom. The fourth-order valence-corrected chi connectivity index (χ4v) is 6.92. The molecule has 5 atom stereocenters. The summed E-state index contributed by atoms with van der Waals surface area (Å²) in [6.45, 7) is 4.64. The van der Waals surface area contributed by atoms with E-state index in [-0.39, 0.29) is 19.4 Å². The lowest BCUT2D eigenvalue weighted by Gasteiger charge is -2.20. The minimum Gasteiger partial charge on any atom is -0.462 e. The van der Waals surface area contributed by atoms with Crippen molar-refractivity contribution in [3.63, 3.8) is 0 Å². The Labute approximate surface area is 321 Å². The topological polar surface area (TPSA) is 161 Å². The van der Waals surface area contributed by atoms with Crippen molar-refractivity contribution in [2.75, 3.05) is 26.4 Å². The fraction of sp³-hybridized carbons (Fsp3) is 0.902. The number of allylic oxidation sites excluding steroid dienone is 1. The lowest BCUT2D eigenvalue weighted by atomic mass is 10.0. The lowest BCUT2D eigenvalue weighted by Crippen LogP contribution is -2.29. The van der Waals surface area contributed by atoms with Gasteiger partial charge in [-0.05, 0) is 44.4 Å². The van der Waals surface area contributed by atoms with Crippen molar-refractivity contribution >= 4 is 19.8 Å². The summed E-state index contributed by atoms with van der Waals surface area (Å²) in [5.74, 6) is -0.144. The van der Waals surface area contributed by atoms with E-state index in [0.29, 0.717) is 25.0 Å². The largest absolute Gasteiger partial charge is 0.472 e. The van der Waals surface area contributed by atoms with E-state index in [0.717, 1.165) is 70.1 Å². The van der Waals surface area contributed by atoms with Crippen molar-refractivity contribution in [3.8, 4) is 0 Å². The highest BCUT2D eigenvalue weighted by Crippen LogP contribution is 2.43. The number of unbranched alkanes of at least 4 members (excludes halogenated alkanes) is 17. The van der Waals surface area contributed by atoms with Crippen LogP contribution in [0, 0.1) is 5.92 Å². The first-order chi connectivity index (χ1) is 25.6. The molecular weight excluding hydrogens is 699 g/mol. The van der Waals surface area contributed by atoms with Gasteiger partial charge in [0.15, 0.2) is 6.10 Å². The van der Waals surface area contributed by atoms with E-state index in [1.165, 1.54) is 70.6 Å². The maximum absolute atomic E-state index is 12.6. The van der Waals surface area contributed by atoms with Crippen molar-refractivity contribution < 1.29 is 52.5 Å². The zero-order chi connectivity index (χ0) is 39.0. The minimum atomic E-state index is -4.62. The molecule has 0 aromatic heterocycles. The molecule has 0 saturated carbocycles. The van der Waals surface area contributed by atoms with Crippen molar-refractivity contribution in [3.05, 3.63) is 12.2 Å². The number of carbonyl (C=O) groups is 2. The van der Waals surface area contributed by atoms with E-state index in [1.54, 1.807) is 0 Å². The average molecular weight is 777 g/mol. The second-order valence-electron chi connectivity index (χ2n) is 15.2. The summed E-state index contributed by atoms with van der Waals surface area (Å²) in [4.78, 5) is 35.0. The molecule has 1 heterocycles. The van der Waals surface area contributed by atoms with Gasteiger partial charge in [0.2, 0.25) is 0 Å². The van der Waals surface area contributed by atoms with Crippen LogP contribution in [0.1, 0.15) is 181 Å². The van der Waals surface area contributed by atoms with Crippen molar-refractivity contribution in [2.24, 2.45) is 5.92 Å². The van der Waals surface area contributed by atoms with Crippen LogP contribution < -0.4 is 0 Å². The first-order valence-electron chi connectivity index (χ1n) is 21.1. The fourth-order valence-electron chi connectivity index (χ4n) is 6.13. The second kappa shape index (κ2) is 32.9. The number of esters is 2. The van der Waals surface area contributed by atoms with Crippen LogP contribution in [0.5, 0.6) is 0 Å². The summed E-state index contributed by atoms with van der Waals surface area (Å²) in [6, 6.07) is 0. The van der Waals surface area contributed by atoms with E-state index < -0.39 is 51.8 Å². The molecule has 1 saturated heterocycles. The highest BCUT2D eigenvalue weighted by atomic mass is 31.2. The highest BCUT2D eigenvalue weighted by molar-refractivity contribution is 7.47. The Kier molecular flexibility index (Phi) is 30.8. The predicted octanol–water partition coefficient (Wildman–Crippen LogP) is 9.68. The molecular formula is C41H77O11P. The Bertz CT molecular complexity index is 976. The van der Waals surface area contributed by atoms with Gasteiger partial charge in [0.1, 0.15) is 12.7 Å². The van der Waals surface area contributed by atoms with Gasteiger partial charge in [-0.25, -0.2) is 4.57 Å². The number of hydrogen-bond acceptors (Lipinski definition) is 10. The molecule has 0 spiro atoms. The van der Waals surface area contributed by atoms with Crippen LogP contribution in [-0.4, -0.2) is 77.9 Å². The zero-order valence-corrected chi connectivity index (χ0v) is 34.5. The number of phosphoric acid groups is 1. The third-order valence-electron chi connectivity index (χ3n) is 9.52. The quantitative estimate of drug-likeness (QED) is 0.0180. The lowest BCUT2D eigenvalue weighted by molar-refractivity contribution is -0.161. The molecule has 0 amide bonds. The summed E-state index contributed by atoms with van der Waals surface area (Å²) < 4.78 is 38.5. The number of phosphoric ester groups is 1. The van der Waals surface area contributed by atoms with Crippen LogP contribution in [0.4, 0.5) is 0 Å². The molecule has 312 valence electrons. The third kappa shape index (κ3) is 31.6. The smallest absolute Gasteiger partial charge is 0.462 e. The van der Waals surface area contributed by atoms with E-state index in [2.05, 4.69) is 37.4 Å². The molecule has 53 heavy (non-hydrogen) atoms. The third-order valence-corrected chi connectivity index (χ3v) is 10.5. The molecule has 0 aliphatic carbocycles. The molecule has 1 aliphatic rings. The highest BCUT2D eigenvalue weighted by Gasteiger charge is 2.36. The van der Waals surface area contributed by atoms with Gasteiger partial charge in [-0.15, -0.1) is 0 Å². The Balaban J connectivity index is 2.26. The van der Waals surface area contributed by atoms with Crippen LogP contribution in [0.15, 0.2) is 12.2 Å². The van der Waals surface area contributed by atoms with Crippen molar-refractivity contribution in [1.82, 2.24) is 0 Å². The van der Waals surface area contributed by atoms with Crippen LogP contribution in [-0.2, 0) is 37.4 Å². The number of carbonyl (C=O) groups excluding carboxylic acids is 2. The van der Waals surface area contributed by atoms with Gasteiger partial charge in [0.25, 0.3) is 0 Å². The molecule has 3 unspecified atom stereocenters. The molecule has 1 rings (SSSR count). The second-order valence-corrected chi connectivity index (χ2v) is 16.7. The van der Waals surface area contributed by atoms with Crippen LogP contribution in [0.2, 0.25) is 0 Å². The molecule has 0 radical (unpaired) electrons. The maximum Gasteiger partial charge on any atom is 0.472 e. The Morgan fingerprint density at radius 1 is 0.717 bits per heavy atom. The SMILES string of the molecule is CCCCC/C=C\CC1OC1CCCCCCCC(=O)O[C@H](COC(=O)CCCCCCCCCCCCCC(C)C)COP(=O)(O)OC[C@@H](O)CO. The standard InChI is InChI=1S/C41H77O11P/c1-4-5-6-7-17-22-27-38-39(52-38)28-23-18-15-20-25-30-41(45)51-37(34-50-53(46,47)49-32-36(43)31-42)33-48-40(44)29-24-19-14-12-10-8-9-11-13-16-21-26-35(2)3/h17,22,35-39,42-43H,4-16,18-21,23-34H2,1-3H3,(H,46,47)/b22-17-/t36-,37+,38?,39?/m0/s1. The van der Waals surface area contributed by atoms with Crippen molar-refractivity contribution in [1.29, 1.82) is 0 Å². The molecule has 1 aliphatic heterocycles. The maximum atomic E-state index is 12.6. The Hall–Kier alpha value is -1.33. The number of rotatable bonds is 38. The van der Waals surface area contributed by atoms with Gasteiger partial charge in [0, 0.05) is 12.8 Å². The predicted molar refractivity (Wildman–Crippen MR) is 209 cm³/mol. The summed E-state index contributed by atoms with van der Waals surface area (Å²) in [7, 11) is -4.62. The first kappa shape index (κ1) is 49.7. The van der Waals surface area contributed by atoms with E-state index >= 15 is 0 Å². The van der Waals surface area contributed by atoms with Gasteiger partial charge in [0.05, 0.1) is 32.0 Å². The molecule has 3 N–H and O–H groups in total. The Morgan fingerprint density at radius 3 is 1.89 bits per heavy atom. The van der Waals surface area contributed by atoms with Crippen LogP contribution >= 0.6 is 7.82 Å². The van der Waals surface area contributed by atoms with Gasteiger partial charge < -0.3 is 29.3 Å². The van der Waals surface area contributed by atoms with Gasteiger partial charge in [-0.2, -0.15) is 0 Å². The van der Waals surface area contributed by atoms with Crippen molar-refractivity contribution in [2.45, 2.75) is 206 Å². The van der Waals surface area contributed by atoms with E-state index in [4.69, 9.17) is 23.8 Å². The molecule has 0 aromatic rings. The van der Waals surface area contributed by atoms with Crippen LogP contribution in [0.25, 0.3) is 0 Å². The monoisotopic (exact) mass is 777 g/mol. The van der Waals surface area contributed by atoms with Gasteiger partial charge >= 0.3 is 19.8 Å². The molecule has 0 aromatic carbocycles. The van der Waals surface area contributed by atoms with Gasteiger partial charge in [-0.3, -0.25) is 18.6 Å².